The van der Waals surface area contributed by atoms with Crippen molar-refractivity contribution in [1.29, 1.82) is 0 Å². The number of carbonyl (C=O) groups is 1. The van der Waals surface area contributed by atoms with E-state index in [1.165, 1.54) is 24.2 Å². The minimum Gasteiger partial charge on any atom is -0.330 e. The minimum absolute atomic E-state index is 0.0262. The molecule has 1 aliphatic carbocycles. The number of amides is 1. The Morgan fingerprint density at radius 3 is 2.89 bits per heavy atom. The van der Waals surface area contributed by atoms with Crippen LogP contribution in [0.5, 0.6) is 0 Å². The van der Waals surface area contributed by atoms with Gasteiger partial charge >= 0.3 is 0 Å². The Hall–Kier alpha value is -1.92. The predicted molar refractivity (Wildman–Crippen MR) is 109 cm³/mol. The molecule has 1 fully saturated rings. The van der Waals surface area contributed by atoms with Crippen LogP contribution in [0, 0.1) is 11.8 Å². The maximum Gasteiger partial charge on any atom is 0.265 e. The van der Waals surface area contributed by atoms with Gasteiger partial charge < -0.3 is 9.47 Å². The van der Waals surface area contributed by atoms with Crippen molar-refractivity contribution in [3.8, 4) is 0 Å². The largest absolute Gasteiger partial charge is 0.330 e. The molecule has 5 nitrogen and oxygen atoms in total. The zero-order valence-corrected chi connectivity index (χ0v) is 17.1. The first kappa shape index (κ1) is 18.4. The molecule has 0 spiro atoms. The fourth-order valence-electron chi connectivity index (χ4n) is 3.30. The van der Waals surface area contributed by atoms with Gasteiger partial charge in [-0.05, 0) is 48.3 Å². The number of carbonyl (C=O) groups excluding carboxylic acids is 1. The van der Waals surface area contributed by atoms with E-state index in [4.69, 9.17) is 16.6 Å². The molecule has 3 heterocycles. The molecule has 1 aliphatic rings. The van der Waals surface area contributed by atoms with Crippen molar-refractivity contribution in [2.75, 3.05) is 6.54 Å². The summed E-state index contributed by atoms with van der Waals surface area (Å²) >= 11 is 7.61. The summed E-state index contributed by atoms with van der Waals surface area (Å²) in [6.07, 6.45) is 4.32. The Balaban J connectivity index is 1.68. The maximum atomic E-state index is 13.1. The molecule has 3 aromatic heterocycles. The highest BCUT2D eigenvalue weighted by molar-refractivity contribution is 7.12. The minimum atomic E-state index is -0.0262. The topological polar surface area (TPSA) is 51.0 Å². The van der Waals surface area contributed by atoms with Crippen molar-refractivity contribution in [2.24, 2.45) is 11.8 Å². The number of hydrogen-bond acceptors (Lipinski definition) is 4. The van der Waals surface area contributed by atoms with Crippen LogP contribution in [-0.2, 0) is 13.1 Å². The summed E-state index contributed by atoms with van der Waals surface area (Å²) in [6.45, 7) is 6.28. The molecular weight excluding hydrogens is 380 g/mol. The van der Waals surface area contributed by atoms with Gasteiger partial charge in [-0.2, -0.15) is 0 Å². The molecule has 0 saturated heterocycles. The quantitative estimate of drug-likeness (QED) is 0.567. The Kier molecular flexibility index (Phi) is 5.19. The lowest BCUT2D eigenvalue weighted by molar-refractivity contribution is 0.0721. The summed E-state index contributed by atoms with van der Waals surface area (Å²) in [5, 5.41) is 2.38. The SMILES string of the molecule is CC(C)CN(Cc1nc2cccnc2n1CC1CC1)C(=O)c1sccc1Cl. The van der Waals surface area contributed by atoms with Gasteiger partial charge in [0.05, 0.1) is 11.6 Å². The molecule has 3 aromatic rings. The van der Waals surface area contributed by atoms with E-state index in [1.807, 2.05) is 22.4 Å². The second-order valence-corrected chi connectivity index (χ2v) is 8.93. The summed E-state index contributed by atoms with van der Waals surface area (Å²) in [4.78, 5) is 24.9. The average Bonchev–Trinajstić information content (AvgIpc) is 3.26. The second kappa shape index (κ2) is 7.60. The van der Waals surface area contributed by atoms with Crippen LogP contribution in [-0.4, -0.2) is 31.9 Å². The first-order valence-corrected chi connectivity index (χ1v) is 10.6. The molecule has 0 unspecified atom stereocenters. The van der Waals surface area contributed by atoms with Crippen LogP contribution in [0.15, 0.2) is 29.8 Å². The van der Waals surface area contributed by atoms with Gasteiger partial charge in [-0.25, -0.2) is 9.97 Å². The monoisotopic (exact) mass is 402 g/mol. The maximum absolute atomic E-state index is 13.1. The van der Waals surface area contributed by atoms with Crippen molar-refractivity contribution in [2.45, 2.75) is 39.8 Å². The molecule has 0 N–H and O–H groups in total. The summed E-state index contributed by atoms with van der Waals surface area (Å²) < 4.78 is 2.20. The fourth-order valence-corrected chi connectivity index (χ4v) is 4.40. The van der Waals surface area contributed by atoms with E-state index < -0.39 is 0 Å². The van der Waals surface area contributed by atoms with Crippen molar-refractivity contribution in [3.63, 3.8) is 0 Å². The van der Waals surface area contributed by atoms with Crippen molar-refractivity contribution < 1.29 is 4.79 Å². The van der Waals surface area contributed by atoms with E-state index in [9.17, 15) is 4.79 Å². The van der Waals surface area contributed by atoms with E-state index in [0.717, 1.165) is 23.5 Å². The number of rotatable bonds is 7. The molecule has 142 valence electrons. The van der Waals surface area contributed by atoms with Crippen LogP contribution < -0.4 is 0 Å². The highest BCUT2D eigenvalue weighted by atomic mass is 35.5. The molecule has 0 atom stereocenters. The zero-order valence-electron chi connectivity index (χ0n) is 15.6. The van der Waals surface area contributed by atoms with Gasteiger partial charge in [-0.1, -0.05) is 25.4 Å². The van der Waals surface area contributed by atoms with E-state index in [1.54, 1.807) is 12.3 Å². The number of imidazole rings is 1. The molecule has 1 amide bonds. The summed E-state index contributed by atoms with van der Waals surface area (Å²) in [7, 11) is 0. The van der Waals surface area contributed by atoms with Crippen LogP contribution >= 0.6 is 22.9 Å². The van der Waals surface area contributed by atoms with Crippen LogP contribution in [0.2, 0.25) is 5.02 Å². The van der Waals surface area contributed by atoms with Crippen LogP contribution in [0.3, 0.4) is 0 Å². The normalized spacial score (nSPS) is 14.2. The Bertz CT molecular complexity index is 960. The molecule has 4 rings (SSSR count). The van der Waals surface area contributed by atoms with Gasteiger partial charge in [0.15, 0.2) is 5.65 Å². The molecule has 7 heteroatoms. The number of halogens is 1. The lowest BCUT2D eigenvalue weighted by Crippen LogP contribution is -2.34. The van der Waals surface area contributed by atoms with E-state index >= 15 is 0 Å². The lowest BCUT2D eigenvalue weighted by Gasteiger charge is -2.24. The number of pyridine rings is 1. The highest BCUT2D eigenvalue weighted by Crippen LogP contribution is 2.32. The van der Waals surface area contributed by atoms with Gasteiger partial charge in [0.2, 0.25) is 0 Å². The molecular formula is C20H23ClN4OS. The van der Waals surface area contributed by atoms with Gasteiger partial charge in [0.1, 0.15) is 16.2 Å². The highest BCUT2D eigenvalue weighted by Gasteiger charge is 2.27. The third-order valence-electron chi connectivity index (χ3n) is 4.74. The predicted octanol–water partition coefficient (Wildman–Crippen LogP) is 4.85. The van der Waals surface area contributed by atoms with E-state index in [2.05, 4.69) is 23.4 Å². The third-order valence-corrected chi connectivity index (χ3v) is 6.07. The summed E-state index contributed by atoms with van der Waals surface area (Å²) in [5.41, 5.74) is 1.80. The van der Waals surface area contributed by atoms with Crippen molar-refractivity contribution in [1.82, 2.24) is 19.4 Å². The van der Waals surface area contributed by atoms with Crippen LogP contribution in [0.25, 0.3) is 11.2 Å². The van der Waals surface area contributed by atoms with Crippen molar-refractivity contribution >= 4 is 40.0 Å². The van der Waals surface area contributed by atoms with Gasteiger partial charge in [0.25, 0.3) is 5.91 Å². The third kappa shape index (κ3) is 4.01. The fraction of sp³-hybridized carbons (Fsp3) is 0.450. The zero-order chi connectivity index (χ0) is 19.0. The lowest BCUT2D eigenvalue weighted by atomic mass is 10.2. The Morgan fingerprint density at radius 1 is 1.41 bits per heavy atom. The molecule has 0 aliphatic heterocycles. The number of thiophene rings is 1. The Morgan fingerprint density at radius 2 is 2.22 bits per heavy atom. The van der Waals surface area contributed by atoms with Gasteiger partial charge in [-0.3, -0.25) is 4.79 Å². The number of aromatic nitrogens is 3. The summed E-state index contributed by atoms with van der Waals surface area (Å²) in [5.74, 6) is 1.93. The summed E-state index contributed by atoms with van der Waals surface area (Å²) in [6, 6.07) is 5.67. The van der Waals surface area contributed by atoms with Crippen LogP contribution in [0.1, 0.15) is 42.2 Å². The first-order chi connectivity index (χ1) is 13.0. The van der Waals surface area contributed by atoms with E-state index in [0.29, 0.717) is 34.8 Å². The van der Waals surface area contributed by atoms with Gasteiger partial charge in [0, 0.05) is 19.3 Å². The molecule has 0 radical (unpaired) electrons. The Labute approximate surface area is 168 Å². The van der Waals surface area contributed by atoms with E-state index in [-0.39, 0.29) is 5.91 Å². The van der Waals surface area contributed by atoms with Crippen LogP contribution in [0.4, 0.5) is 0 Å². The molecule has 0 bridgehead atoms. The second-order valence-electron chi connectivity index (χ2n) is 7.61. The average molecular weight is 403 g/mol. The number of hydrogen-bond donors (Lipinski definition) is 0. The number of fused-ring (bicyclic) bond motifs is 1. The first-order valence-electron chi connectivity index (χ1n) is 9.35. The van der Waals surface area contributed by atoms with Crippen molar-refractivity contribution in [3.05, 3.63) is 45.5 Å². The number of nitrogens with zero attached hydrogens (tertiary/aromatic N) is 4. The molecule has 27 heavy (non-hydrogen) atoms. The van der Waals surface area contributed by atoms with Gasteiger partial charge in [-0.15, -0.1) is 11.3 Å². The smallest absolute Gasteiger partial charge is 0.265 e. The molecule has 0 aromatic carbocycles. The molecule has 1 saturated carbocycles. The standard InChI is InChI=1S/C20H23ClN4OS/c1-13(2)10-24(20(26)18-15(21)7-9-27-18)12-17-23-16-4-3-8-22-19(16)25(17)11-14-5-6-14/h3-4,7-9,13-14H,5-6,10-12H2,1-2H3.